The van der Waals surface area contributed by atoms with Crippen molar-refractivity contribution in [2.45, 2.75) is 58.7 Å². The zero-order chi connectivity index (χ0) is 17.9. The number of ketones is 1. The Kier molecular flexibility index (Phi) is 5.52. The summed E-state index contributed by atoms with van der Waals surface area (Å²) in [6.45, 7) is 10.3. The third-order valence-corrected chi connectivity index (χ3v) is 3.85. The summed E-state index contributed by atoms with van der Waals surface area (Å²) in [5, 5.41) is 0. The fraction of sp³-hybridized carbons (Fsp3) is 0.579. The van der Waals surface area contributed by atoms with Crippen molar-refractivity contribution in [1.29, 1.82) is 0 Å². The normalized spacial score (nSPS) is 16.3. The molecule has 1 amide bonds. The molecule has 0 aromatic heterocycles. The minimum atomic E-state index is -0.477. The summed E-state index contributed by atoms with van der Waals surface area (Å²) in [6, 6.07) is 7.82. The lowest BCUT2D eigenvalue weighted by Crippen LogP contribution is -2.57. The van der Waals surface area contributed by atoms with Crippen LogP contribution in [0, 0.1) is 0 Å². The molecular weight excluding hydrogens is 306 g/mol. The summed E-state index contributed by atoms with van der Waals surface area (Å²) in [5.41, 5.74) is 0.650. The predicted molar refractivity (Wildman–Crippen MR) is 92.4 cm³/mol. The molecule has 24 heavy (non-hydrogen) atoms. The summed E-state index contributed by atoms with van der Waals surface area (Å²) in [4.78, 5) is 24.7. The van der Waals surface area contributed by atoms with Gasteiger partial charge in [-0.15, -0.1) is 0 Å². The quantitative estimate of drug-likeness (QED) is 0.823. The van der Waals surface area contributed by atoms with Crippen molar-refractivity contribution < 1.29 is 19.1 Å². The highest BCUT2D eigenvalue weighted by molar-refractivity contribution is 5.76. The molecule has 0 N–H and O–H groups in total. The van der Waals surface area contributed by atoms with E-state index in [0.717, 1.165) is 11.3 Å². The van der Waals surface area contributed by atoms with Gasteiger partial charge < -0.3 is 19.2 Å². The molecule has 132 valence electrons. The molecule has 1 aromatic rings. The third kappa shape index (κ3) is 5.25. The topological polar surface area (TPSA) is 55.8 Å². The van der Waals surface area contributed by atoms with Crippen molar-refractivity contribution >= 4 is 11.9 Å². The van der Waals surface area contributed by atoms with Gasteiger partial charge in [-0.3, -0.25) is 0 Å². The maximum Gasteiger partial charge on any atom is 0.410 e. The van der Waals surface area contributed by atoms with E-state index in [0.29, 0.717) is 19.5 Å². The molecule has 1 aliphatic rings. The number of hydrogen-bond donors (Lipinski definition) is 0. The van der Waals surface area contributed by atoms with Crippen LogP contribution in [0.2, 0.25) is 0 Å². The Bertz CT molecular complexity index is 582. The van der Waals surface area contributed by atoms with Gasteiger partial charge in [0.25, 0.3) is 0 Å². The molecule has 0 spiro atoms. The number of benzene rings is 1. The number of hydrogen-bond acceptors (Lipinski definition) is 4. The number of Topliss-reactive ketones (excluding diaryl/α,β-unsaturated/α-hetero) is 1. The van der Waals surface area contributed by atoms with Crippen LogP contribution >= 0.6 is 0 Å². The first-order valence-corrected chi connectivity index (χ1v) is 8.38. The fourth-order valence-corrected chi connectivity index (χ4v) is 2.60. The number of amides is 1. The molecule has 1 aliphatic heterocycles. The van der Waals surface area contributed by atoms with Crippen LogP contribution in [0.15, 0.2) is 24.3 Å². The summed E-state index contributed by atoms with van der Waals surface area (Å²) < 4.78 is 11.2. The predicted octanol–water partition coefficient (Wildman–Crippen LogP) is 3.77. The molecule has 1 saturated heterocycles. The Hall–Kier alpha value is -2.04. The van der Waals surface area contributed by atoms with E-state index in [1.54, 1.807) is 11.8 Å². The van der Waals surface area contributed by atoms with Crippen LogP contribution in [0.4, 0.5) is 4.79 Å². The van der Waals surface area contributed by atoms with Gasteiger partial charge in [-0.25, -0.2) is 4.79 Å². The van der Waals surface area contributed by atoms with E-state index in [9.17, 15) is 9.59 Å². The molecular formula is C19H27NO4. The molecule has 0 saturated carbocycles. The van der Waals surface area contributed by atoms with Gasteiger partial charge in [0.05, 0.1) is 13.1 Å². The number of carbonyl (C=O) groups excluding carboxylic acids is 2. The zero-order valence-electron chi connectivity index (χ0n) is 15.2. The number of rotatable bonds is 5. The summed E-state index contributed by atoms with van der Waals surface area (Å²) in [7, 11) is 0. The molecule has 2 rings (SSSR count). The van der Waals surface area contributed by atoms with E-state index >= 15 is 0 Å². The monoisotopic (exact) mass is 333 g/mol. The van der Waals surface area contributed by atoms with Crippen LogP contribution < -0.4 is 4.74 Å². The van der Waals surface area contributed by atoms with Crippen molar-refractivity contribution in [3.63, 3.8) is 0 Å². The van der Waals surface area contributed by atoms with Crippen molar-refractivity contribution in [2.75, 3.05) is 13.1 Å². The maximum absolute atomic E-state index is 11.9. The summed E-state index contributed by atoms with van der Waals surface area (Å²) in [6.07, 6.45) is 0.252. The van der Waals surface area contributed by atoms with Crippen LogP contribution in [-0.4, -0.2) is 41.6 Å². The number of likely N-dealkylation sites (tertiary alicyclic amines) is 1. The number of nitrogens with zero attached hydrogens (tertiary/aromatic N) is 1. The van der Waals surface area contributed by atoms with E-state index in [-0.39, 0.29) is 23.9 Å². The van der Waals surface area contributed by atoms with E-state index in [2.05, 4.69) is 0 Å². The highest BCUT2D eigenvalue weighted by atomic mass is 16.6. The van der Waals surface area contributed by atoms with Gasteiger partial charge in [-0.2, -0.15) is 0 Å². The first kappa shape index (κ1) is 18.3. The van der Waals surface area contributed by atoms with Gasteiger partial charge in [0, 0.05) is 6.42 Å². The molecule has 5 heteroatoms. The fourth-order valence-electron chi connectivity index (χ4n) is 2.60. The van der Waals surface area contributed by atoms with Gasteiger partial charge in [0.15, 0.2) is 0 Å². The van der Waals surface area contributed by atoms with Crippen LogP contribution in [0.5, 0.6) is 5.75 Å². The van der Waals surface area contributed by atoms with E-state index in [4.69, 9.17) is 9.47 Å². The van der Waals surface area contributed by atoms with Gasteiger partial charge in [0.2, 0.25) is 0 Å². The molecule has 0 unspecified atom stereocenters. The highest BCUT2D eigenvalue weighted by Crippen LogP contribution is 2.24. The van der Waals surface area contributed by atoms with Gasteiger partial charge in [0.1, 0.15) is 23.2 Å². The third-order valence-electron chi connectivity index (χ3n) is 3.85. The standard InChI is InChI=1S/C19H27NO4/c1-13(10-14(2)21)15-6-8-16(9-7-15)23-17-11-20(12-17)18(22)24-19(3,4)5/h6-9,13,17H,10-12H2,1-5H3/t13-/m1/s1. The van der Waals surface area contributed by atoms with Crippen molar-refractivity contribution in [3.05, 3.63) is 29.8 Å². The smallest absolute Gasteiger partial charge is 0.410 e. The summed E-state index contributed by atoms with van der Waals surface area (Å²) in [5.74, 6) is 1.19. The second-order valence-electron chi connectivity index (χ2n) is 7.50. The second kappa shape index (κ2) is 7.24. The van der Waals surface area contributed by atoms with Crippen LogP contribution in [-0.2, 0) is 9.53 Å². The first-order chi connectivity index (χ1) is 11.1. The lowest BCUT2D eigenvalue weighted by Gasteiger charge is -2.39. The number of carbonyl (C=O) groups is 2. The minimum Gasteiger partial charge on any atom is -0.487 e. The Labute approximate surface area is 143 Å². The SMILES string of the molecule is CC(=O)C[C@@H](C)c1ccc(OC2CN(C(=O)OC(C)(C)C)C2)cc1. The van der Waals surface area contributed by atoms with Crippen molar-refractivity contribution in [1.82, 2.24) is 4.90 Å². The van der Waals surface area contributed by atoms with Gasteiger partial charge in [-0.05, 0) is 51.3 Å². The van der Waals surface area contributed by atoms with Gasteiger partial charge >= 0.3 is 6.09 Å². The van der Waals surface area contributed by atoms with Crippen LogP contribution in [0.1, 0.15) is 52.5 Å². The van der Waals surface area contributed by atoms with Crippen molar-refractivity contribution in [3.8, 4) is 5.75 Å². The van der Waals surface area contributed by atoms with E-state index in [1.165, 1.54) is 0 Å². The van der Waals surface area contributed by atoms with E-state index in [1.807, 2.05) is 52.0 Å². The molecule has 1 heterocycles. The Morgan fingerprint density at radius 3 is 2.29 bits per heavy atom. The molecule has 1 fully saturated rings. The maximum atomic E-state index is 11.9. The molecule has 1 aromatic carbocycles. The Balaban J connectivity index is 1.80. The first-order valence-electron chi connectivity index (χ1n) is 8.38. The summed E-state index contributed by atoms with van der Waals surface area (Å²) >= 11 is 0. The highest BCUT2D eigenvalue weighted by Gasteiger charge is 2.35. The second-order valence-corrected chi connectivity index (χ2v) is 7.50. The molecule has 0 aliphatic carbocycles. The average Bonchev–Trinajstić information content (AvgIpc) is 2.40. The van der Waals surface area contributed by atoms with Crippen LogP contribution in [0.25, 0.3) is 0 Å². The molecule has 0 bridgehead atoms. The van der Waals surface area contributed by atoms with Crippen molar-refractivity contribution in [2.24, 2.45) is 0 Å². The lowest BCUT2D eigenvalue weighted by molar-refractivity contribution is -0.117. The molecule has 0 radical (unpaired) electrons. The van der Waals surface area contributed by atoms with Crippen LogP contribution in [0.3, 0.4) is 0 Å². The number of ether oxygens (including phenoxy) is 2. The molecule has 5 nitrogen and oxygen atoms in total. The zero-order valence-corrected chi connectivity index (χ0v) is 15.2. The lowest BCUT2D eigenvalue weighted by atomic mass is 9.96. The average molecular weight is 333 g/mol. The minimum absolute atomic E-state index is 0.00184. The largest absolute Gasteiger partial charge is 0.487 e. The Morgan fingerprint density at radius 2 is 1.79 bits per heavy atom. The van der Waals surface area contributed by atoms with E-state index < -0.39 is 5.60 Å². The Morgan fingerprint density at radius 1 is 1.21 bits per heavy atom. The van der Waals surface area contributed by atoms with Gasteiger partial charge in [-0.1, -0.05) is 19.1 Å². The molecule has 1 atom stereocenters.